The number of carbonyl (C=O) groups excluding carboxylic acids is 1. The third kappa shape index (κ3) is 14.2. The van der Waals surface area contributed by atoms with Gasteiger partial charge in [-0.3, -0.25) is 4.79 Å². The van der Waals surface area contributed by atoms with Crippen LogP contribution in [0.1, 0.15) is 19.8 Å². The molecule has 1 heterocycles. The van der Waals surface area contributed by atoms with Crippen molar-refractivity contribution >= 4 is 16.0 Å². The topological polar surface area (TPSA) is 104 Å². The van der Waals surface area contributed by atoms with Crippen molar-refractivity contribution in [3.05, 3.63) is 30.6 Å². The van der Waals surface area contributed by atoms with Crippen molar-refractivity contribution in [1.29, 1.82) is 0 Å². The molecule has 0 aliphatic rings. The summed E-state index contributed by atoms with van der Waals surface area (Å²) in [5.41, 5.74) is -1.84. The Morgan fingerprint density at radius 1 is 1.08 bits per heavy atom. The fraction of sp³-hybridized carbons (Fsp3) is 0.500. The maximum absolute atomic E-state index is 10.7. The number of halogens is 6. The summed E-state index contributed by atoms with van der Waals surface area (Å²) in [6.45, 7) is 3.36. The molecule has 0 saturated carbocycles. The van der Waals surface area contributed by atoms with Crippen LogP contribution in [-0.4, -0.2) is 30.6 Å². The summed E-state index contributed by atoms with van der Waals surface area (Å²) in [5, 5.41) is 0. The van der Waals surface area contributed by atoms with E-state index in [0.29, 0.717) is 0 Å². The van der Waals surface area contributed by atoms with Gasteiger partial charge in [-0.2, -0.15) is 26.3 Å². The molecule has 6 nitrogen and oxygen atoms in total. The lowest BCUT2D eigenvalue weighted by Crippen LogP contribution is -2.31. The Hall–Kier alpha value is -1.89. The maximum atomic E-state index is 10.7. The molecular weight excluding hydrogens is 382 g/mol. The molecule has 0 spiro atoms. The Morgan fingerprint density at radius 3 is 1.68 bits per heavy atom. The first-order valence-corrected chi connectivity index (χ1v) is 7.86. The molecule has 0 saturated heterocycles. The Balaban J connectivity index is 0. The van der Waals surface area contributed by atoms with Crippen molar-refractivity contribution in [2.75, 3.05) is 0 Å². The molecule has 0 atom stereocenters. The van der Waals surface area contributed by atoms with Crippen LogP contribution in [0.4, 0.5) is 26.3 Å². The molecule has 0 unspecified atom stereocenters. The van der Waals surface area contributed by atoms with Crippen LogP contribution in [0.25, 0.3) is 0 Å². The van der Waals surface area contributed by atoms with E-state index in [0.717, 1.165) is 6.54 Å². The lowest BCUT2D eigenvalue weighted by Gasteiger charge is -2.08. The number of hydrogen-bond donors (Lipinski definition) is 1. The minimum atomic E-state index is -6.09. The number of amides is 1. The Morgan fingerprint density at radius 2 is 1.44 bits per heavy atom. The lowest BCUT2D eigenvalue weighted by molar-refractivity contribution is -0.697. The second-order valence-electron chi connectivity index (χ2n) is 4.23. The smallest absolute Gasteiger partial charge is 0.485 e. The van der Waals surface area contributed by atoms with Gasteiger partial charge in [0.2, 0.25) is 0 Å². The standard InChI is InChI=1S/C9H14N.C2H2F3NO.CHF3O3S/c1-2-3-7-10-8-5-4-6-9-10;3-2(4,5)1(6)7;2-1(3,4)8(5,6)7/h4-6,8-9H,2-3,7H2,1H3;(H2,6,7);(H,5,6,7)/q+1;;/p-1. The summed E-state index contributed by atoms with van der Waals surface area (Å²) < 4.78 is 93.2. The third-order valence-electron chi connectivity index (χ3n) is 2.11. The first-order valence-electron chi connectivity index (χ1n) is 6.45. The van der Waals surface area contributed by atoms with Crippen LogP contribution < -0.4 is 10.3 Å². The first kappa shape index (κ1) is 25.4. The molecule has 1 aromatic heterocycles. The largest absolute Gasteiger partial charge is 0.741 e. The van der Waals surface area contributed by atoms with Gasteiger partial charge in [0.15, 0.2) is 22.5 Å². The van der Waals surface area contributed by atoms with Crippen LogP contribution in [0.5, 0.6) is 0 Å². The number of carbonyl (C=O) groups is 1. The molecule has 25 heavy (non-hydrogen) atoms. The summed E-state index contributed by atoms with van der Waals surface area (Å²) in [4.78, 5) is 9.12. The van der Waals surface area contributed by atoms with Gasteiger partial charge >= 0.3 is 17.6 Å². The predicted octanol–water partition coefficient (Wildman–Crippen LogP) is 1.86. The summed E-state index contributed by atoms with van der Waals surface area (Å²) in [6, 6.07) is 6.17. The van der Waals surface area contributed by atoms with Crippen LogP contribution in [0.2, 0.25) is 0 Å². The van der Waals surface area contributed by atoms with Crippen molar-refractivity contribution in [2.45, 2.75) is 38.0 Å². The van der Waals surface area contributed by atoms with Gasteiger partial charge < -0.3 is 10.3 Å². The average Bonchev–Trinajstić information content (AvgIpc) is 2.44. The molecule has 0 aromatic carbocycles. The van der Waals surface area contributed by atoms with E-state index in [9.17, 15) is 26.3 Å². The number of rotatable bonds is 3. The molecule has 0 aliphatic heterocycles. The molecule has 1 amide bonds. The molecule has 13 heteroatoms. The van der Waals surface area contributed by atoms with E-state index in [1.807, 2.05) is 6.07 Å². The lowest BCUT2D eigenvalue weighted by atomic mass is 10.3. The van der Waals surface area contributed by atoms with Gasteiger partial charge in [0.25, 0.3) is 0 Å². The van der Waals surface area contributed by atoms with E-state index in [1.54, 1.807) is 0 Å². The van der Waals surface area contributed by atoms with E-state index in [1.165, 1.54) is 12.8 Å². The van der Waals surface area contributed by atoms with Crippen LogP contribution in [0.3, 0.4) is 0 Å². The highest BCUT2D eigenvalue weighted by Crippen LogP contribution is 2.20. The fourth-order valence-corrected chi connectivity index (χ4v) is 0.924. The summed E-state index contributed by atoms with van der Waals surface area (Å²) in [7, 11) is -6.09. The number of primary amides is 1. The number of aryl methyl sites for hydroxylation is 1. The maximum Gasteiger partial charge on any atom is 0.485 e. The highest BCUT2D eigenvalue weighted by atomic mass is 32.2. The van der Waals surface area contributed by atoms with Crippen LogP contribution >= 0.6 is 0 Å². The van der Waals surface area contributed by atoms with E-state index in [2.05, 4.69) is 41.8 Å². The fourth-order valence-electron chi connectivity index (χ4n) is 0.924. The van der Waals surface area contributed by atoms with Gasteiger partial charge in [-0.05, 0) is 0 Å². The van der Waals surface area contributed by atoms with Crippen molar-refractivity contribution in [2.24, 2.45) is 5.73 Å². The van der Waals surface area contributed by atoms with E-state index in [-0.39, 0.29) is 0 Å². The van der Waals surface area contributed by atoms with E-state index in [4.69, 9.17) is 17.8 Å². The molecule has 0 radical (unpaired) electrons. The molecule has 1 rings (SSSR count). The Labute approximate surface area is 140 Å². The number of unbranched alkanes of at least 4 members (excludes halogenated alkanes) is 1. The number of nitrogens with zero attached hydrogens (tertiary/aromatic N) is 1. The van der Waals surface area contributed by atoms with Gasteiger partial charge in [0.05, 0.1) is 0 Å². The predicted molar refractivity (Wildman–Crippen MR) is 72.5 cm³/mol. The zero-order valence-electron chi connectivity index (χ0n) is 12.8. The molecule has 146 valence electrons. The zero-order chi connectivity index (χ0) is 20.3. The number of pyridine rings is 1. The van der Waals surface area contributed by atoms with Crippen molar-refractivity contribution in [3.63, 3.8) is 0 Å². The molecule has 0 aliphatic carbocycles. The molecule has 2 N–H and O–H groups in total. The zero-order valence-corrected chi connectivity index (χ0v) is 13.7. The third-order valence-corrected chi connectivity index (χ3v) is 2.68. The monoisotopic (exact) mass is 398 g/mol. The molecule has 0 bridgehead atoms. The van der Waals surface area contributed by atoms with Crippen LogP contribution in [-0.2, 0) is 21.5 Å². The molecular formula is C12H16F6N2O4S. The number of alkyl halides is 6. The minimum Gasteiger partial charge on any atom is -0.741 e. The van der Waals surface area contributed by atoms with Crippen molar-refractivity contribution < 1.29 is 48.7 Å². The van der Waals surface area contributed by atoms with Gasteiger partial charge in [0.1, 0.15) is 6.54 Å². The molecule has 0 fully saturated rings. The van der Waals surface area contributed by atoms with Gasteiger partial charge in [-0.1, -0.05) is 19.4 Å². The second-order valence-corrected chi connectivity index (χ2v) is 5.60. The van der Waals surface area contributed by atoms with Crippen LogP contribution in [0, 0.1) is 0 Å². The second kappa shape index (κ2) is 10.9. The average molecular weight is 398 g/mol. The minimum absolute atomic E-state index is 1.15. The quantitative estimate of drug-likeness (QED) is 0.363. The molecule has 1 aromatic rings. The van der Waals surface area contributed by atoms with E-state index < -0.39 is 27.7 Å². The summed E-state index contributed by atoms with van der Waals surface area (Å²) >= 11 is 0. The highest BCUT2D eigenvalue weighted by Gasteiger charge is 2.37. The Kier molecular flexibility index (Phi) is 11.0. The summed E-state index contributed by atoms with van der Waals surface area (Å²) in [5.74, 6) is -2.26. The van der Waals surface area contributed by atoms with Gasteiger partial charge in [-0.15, -0.1) is 0 Å². The van der Waals surface area contributed by atoms with Gasteiger partial charge in [0, 0.05) is 18.6 Å². The number of nitrogens with two attached hydrogens (primary N) is 1. The SMILES string of the molecule is CCCC[n+]1ccccc1.NC(=O)C(F)(F)F.O=S(=O)([O-])C(F)(F)F. The Bertz CT molecular complexity index is 602. The normalized spacial score (nSPS) is 11.5. The van der Waals surface area contributed by atoms with Crippen LogP contribution in [0.15, 0.2) is 30.6 Å². The van der Waals surface area contributed by atoms with Crippen molar-refractivity contribution in [1.82, 2.24) is 0 Å². The van der Waals surface area contributed by atoms with Crippen molar-refractivity contribution in [3.8, 4) is 0 Å². The first-order chi connectivity index (χ1) is 11.1. The van der Waals surface area contributed by atoms with E-state index >= 15 is 0 Å². The number of hydrogen-bond acceptors (Lipinski definition) is 4. The highest BCUT2D eigenvalue weighted by molar-refractivity contribution is 7.86. The van der Waals surface area contributed by atoms with Gasteiger partial charge in [-0.25, -0.2) is 13.0 Å². The summed E-state index contributed by atoms with van der Waals surface area (Å²) in [6.07, 6.45) is 1.89. The number of aromatic nitrogens is 1.